The molecule has 3 aliphatic rings. The number of hydrogen-bond acceptors (Lipinski definition) is 2. The molecule has 0 aromatic rings. The first kappa shape index (κ1) is 25.1. The van der Waals surface area contributed by atoms with E-state index in [4.69, 9.17) is 0 Å². The Morgan fingerprint density at radius 3 is 2.00 bits per heavy atom. The van der Waals surface area contributed by atoms with Crippen molar-refractivity contribution < 1.29 is 4.79 Å². The highest BCUT2D eigenvalue weighted by Crippen LogP contribution is 2.39. The molecule has 1 amide bonds. The van der Waals surface area contributed by atoms with E-state index in [2.05, 4.69) is 31.4 Å². The van der Waals surface area contributed by atoms with Crippen LogP contribution in [-0.2, 0) is 4.79 Å². The molecule has 31 heavy (non-hydrogen) atoms. The minimum absolute atomic E-state index is 0.226. The van der Waals surface area contributed by atoms with Gasteiger partial charge in [0, 0.05) is 18.0 Å². The van der Waals surface area contributed by atoms with Crippen LogP contribution in [0.15, 0.2) is 0 Å². The minimum Gasteiger partial charge on any atom is -0.353 e. The van der Waals surface area contributed by atoms with Gasteiger partial charge in [0.1, 0.15) is 0 Å². The molecule has 0 bridgehead atoms. The number of piperidine rings is 1. The van der Waals surface area contributed by atoms with Crippen LogP contribution in [0.25, 0.3) is 0 Å². The highest BCUT2D eigenvalue weighted by Gasteiger charge is 2.40. The number of hydrogen-bond donors (Lipinski definition) is 2. The van der Waals surface area contributed by atoms with E-state index in [0.29, 0.717) is 23.3 Å². The summed E-state index contributed by atoms with van der Waals surface area (Å²) in [6.45, 7) is 8.22. The summed E-state index contributed by atoms with van der Waals surface area (Å²) in [5.74, 6) is 1.71. The molecule has 2 N–H and O–H groups in total. The van der Waals surface area contributed by atoms with Gasteiger partial charge in [-0.15, -0.1) is 0 Å². The van der Waals surface area contributed by atoms with Crippen molar-refractivity contribution in [3.05, 3.63) is 0 Å². The highest BCUT2D eigenvalue weighted by molar-refractivity contribution is 5.76. The largest absolute Gasteiger partial charge is 0.353 e. The Kier molecular flexibility index (Phi) is 9.74. The predicted octanol–water partition coefficient (Wildman–Crippen LogP) is 7.14. The molecular formula is C28H52N2O. The number of nitrogens with one attached hydrogen (secondary N) is 2. The van der Waals surface area contributed by atoms with Gasteiger partial charge < -0.3 is 10.6 Å². The monoisotopic (exact) mass is 432 g/mol. The summed E-state index contributed by atoms with van der Waals surface area (Å²) in [5.41, 5.74) is 0.655. The van der Waals surface area contributed by atoms with E-state index in [-0.39, 0.29) is 5.54 Å². The molecule has 1 spiro atoms. The molecule has 0 aromatic carbocycles. The van der Waals surface area contributed by atoms with E-state index >= 15 is 0 Å². The van der Waals surface area contributed by atoms with Gasteiger partial charge >= 0.3 is 0 Å². The molecule has 1 heterocycles. The van der Waals surface area contributed by atoms with Crippen molar-refractivity contribution in [2.24, 2.45) is 17.3 Å². The second kappa shape index (κ2) is 12.1. The Morgan fingerprint density at radius 2 is 1.42 bits per heavy atom. The van der Waals surface area contributed by atoms with E-state index in [0.717, 1.165) is 18.9 Å². The van der Waals surface area contributed by atoms with Gasteiger partial charge in [0.15, 0.2) is 0 Å². The fourth-order valence-electron chi connectivity index (χ4n) is 6.94. The van der Waals surface area contributed by atoms with Crippen molar-refractivity contribution in [1.29, 1.82) is 0 Å². The molecular weight excluding hydrogens is 380 g/mol. The summed E-state index contributed by atoms with van der Waals surface area (Å²) >= 11 is 0. The van der Waals surface area contributed by atoms with Crippen LogP contribution in [0.1, 0.15) is 136 Å². The van der Waals surface area contributed by atoms with Crippen LogP contribution in [0.3, 0.4) is 0 Å². The van der Waals surface area contributed by atoms with Crippen molar-refractivity contribution in [2.75, 3.05) is 6.54 Å². The first-order chi connectivity index (χ1) is 14.9. The summed E-state index contributed by atoms with van der Waals surface area (Å²) in [6, 6.07) is 0.420. The molecule has 0 aromatic heterocycles. The number of carbonyl (C=O) groups excluding carboxylic acids is 1. The Labute approximate surface area is 193 Å². The summed E-state index contributed by atoms with van der Waals surface area (Å²) in [4.78, 5) is 13.1. The fraction of sp³-hybridized carbons (Fsp3) is 0.964. The zero-order valence-corrected chi connectivity index (χ0v) is 21.1. The van der Waals surface area contributed by atoms with Gasteiger partial charge in [-0.3, -0.25) is 4.79 Å². The molecule has 1 unspecified atom stereocenters. The maximum absolute atomic E-state index is 13.1. The maximum Gasteiger partial charge on any atom is 0.220 e. The highest BCUT2D eigenvalue weighted by atomic mass is 16.1. The average Bonchev–Trinajstić information content (AvgIpc) is 2.76. The fourth-order valence-corrected chi connectivity index (χ4v) is 6.94. The average molecular weight is 433 g/mol. The molecule has 2 saturated carbocycles. The molecule has 0 radical (unpaired) electrons. The van der Waals surface area contributed by atoms with Crippen molar-refractivity contribution >= 4 is 5.91 Å². The molecule has 1 saturated heterocycles. The maximum atomic E-state index is 13.1. The van der Waals surface area contributed by atoms with Crippen LogP contribution >= 0.6 is 0 Å². The lowest BCUT2D eigenvalue weighted by Gasteiger charge is -2.46. The van der Waals surface area contributed by atoms with Gasteiger partial charge in [-0.05, 0) is 81.6 Å². The molecule has 1 atom stereocenters. The van der Waals surface area contributed by atoms with E-state index < -0.39 is 0 Å². The van der Waals surface area contributed by atoms with Crippen molar-refractivity contribution in [3.63, 3.8) is 0 Å². The van der Waals surface area contributed by atoms with Crippen LogP contribution in [-0.4, -0.2) is 24.0 Å². The van der Waals surface area contributed by atoms with Gasteiger partial charge in [-0.25, -0.2) is 0 Å². The van der Waals surface area contributed by atoms with Crippen molar-refractivity contribution in [3.8, 4) is 0 Å². The first-order valence-electron chi connectivity index (χ1n) is 13.9. The van der Waals surface area contributed by atoms with Crippen LogP contribution in [0.2, 0.25) is 0 Å². The number of amides is 1. The first-order valence-corrected chi connectivity index (χ1v) is 13.9. The molecule has 3 nitrogen and oxygen atoms in total. The molecule has 1 aliphatic heterocycles. The van der Waals surface area contributed by atoms with Crippen LogP contribution in [0.4, 0.5) is 0 Å². The second-order valence-electron chi connectivity index (χ2n) is 12.5. The van der Waals surface area contributed by atoms with Gasteiger partial charge in [0.25, 0.3) is 0 Å². The predicted molar refractivity (Wildman–Crippen MR) is 132 cm³/mol. The summed E-state index contributed by atoms with van der Waals surface area (Å²) in [6.07, 6.45) is 23.1. The molecule has 3 heteroatoms. The van der Waals surface area contributed by atoms with E-state index in [1.165, 1.54) is 109 Å². The summed E-state index contributed by atoms with van der Waals surface area (Å²) in [7, 11) is 0. The second-order valence-corrected chi connectivity index (χ2v) is 12.5. The standard InChI is InChI=1S/C28H52N2O/c1-27(2,3)22-23-14-16-25(17-15-23)30-26(31)21-24-13-12-20-29-28(24)18-10-8-6-4-5-7-9-11-19-28/h23-25,29H,4-22H2,1-3H3,(H,30,31)/t23-,24?,25-. The number of rotatable bonds is 4. The van der Waals surface area contributed by atoms with E-state index in [1.54, 1.807) is 0 Å². The quantitative estimate of drug-likeness (QED) is 0.495. The lowest BCUT2D eigenvalue weighted by atomic mass is 9.70. The summed E-state index contributed by atoms with van der Waals surface area (Å²) < 4.78 is 0. The normalized spacial score (nSPS) is 31.0. The zero-order valence-electron chi connectivity index (χ0n) is 21.1. The van der Waals surface area contributed by atoms with Crippen molar-refractivity contribution in [1.82, 2.24) is 10.6 Å². The third-order valence-corrected chi connectivity index (χ3v) is 8.53. The molecule has 3 fully saturated rings. The van der Waals surface area contributed by atoms with Gasteiger partial charge in [-0.2, -0.15) is 0 Å². The Morgan fingerprint density at radius 1 is 0.839 bits per heavy atom. The van der Waals surface area contributed by atoms with Gasteiger partial charge in [0.05, 0.1) is 0 Å². The molecule has 180 valence electrons. The minimum atomic E-state index is 0.226. The Bertz CT molecular complexity index is 518. The van der Waals surface area contributed by atoms with Gasteiger partial charge in [-0.1, -0.05) is 72.1 Å². The smallest absolute Gasteiger partial charge is 0.220 e. The third kappa shape index (κ3) is 8.37. The lowest BCUT2D eigenvalue weighted by Crippen LogP contribution is -2.56. The van der Waals surface area contributed by atoms with E-state index in [1.807, 2.05) is 0 Å². The van der Waals surface area contributed by atoms with E-state index in [9.17, 15) is 4.79 Å². The van der Waals surface area contributed by atoms with Crippen molar-refractivity contribution in [2.45, 2.75) is 148 Å². The van der Waals surface area contributed by atoms with Crippen LogP contribution in [0, 0.1) is 17.3 Å². The Hall–Kier alpha value is -0.570. The lowest BCUT2D eigenvalue weighted by molar-refractivity contribution is -0.124. The number of carbonyl (C=O) groups is 1. The molecule has 2 aliphatic carbocycles. The van der Waals surface area contributed by atoms with Gasteiger partial charge in [0.2, 0.25) is 5.91 Å². The topological polar surface area (TPSA) is 41.1 Å². The Balaban J connectivity index is 1.51. The zero-order chi connectivity index (χ0) is 22.2. The van der Waals surface area contributed by atoms with Crippen LogP contribution in [0.5, 0.6) is 0 Å². The molecule has 3 rings (SSSR count). The SMILES string of the molecule is CC(C)(C)C[C@H]1CC[C@H](NC(=O)CC2CCCNC23CCCCCCCCCC3)CC1. The van der Waals surface area contributed by atoms with Crippen LogP contribution < -0.4 is 10.6 Å². The summed E-state index contributed by atoms with van der Waals surface area (Å²) in [5, 5.41) is 7.44. The third-order valence-electron chi connectivity index (χ3n) is 8.53.